The quantitative estimate of drug-likeness (QED) is 0.829. The van der Waals surface area contributed by atoms with E-state index < -0.39 is 0 Å². The maximum Gasteiger partial charge on any atom is 0.152 e. The van der Waals surface area contributed by atoms with E-state index >= 15 is 0 Å². The average Bonchev–Trinajstić information content (AvgIpc) is 2.73. The molecule has 2 N–H and O–H groups in total. The van der Waals surface area contributed by atoms with Crippen LogP contribution in [0.25, 0.3) is 0 Å². The number of aromatic nitrogens is 3. The van der Waals surface area contributed by atoms with E-state index in [0.717, 1.165) is 30.3 Å². The summed E-state index contributed by atoms with van der Waals surface area (Å²) >= 11 is 0. The highest BCUT2D eigenvalue weighted by Gasteiger charge is 1.99. The third-order valence-corrected chi connectivity index (χ3v) is 2.30. The molecule has 0 spiro atoms. The fourth-order valence-electron chi connectivity index (χ4n) is 1.49. The number of anilines is 3. The van der Waals surface area contributed by atoms with Crippen molar-refractivity contribution in [3.8, 4) is 0 Å². The molecule has 0 aliphatic carbocycles. The fourth-order valence-corrected chi connectivity index (χ4v) is 1.49. The third-order valence-electron chi connectivity index (χ3n) is 2.30. The first-order valence-corrected chi connectivity index (χ1v) is 5.74. The first-order valence-electron chi connectivity index (χ1n) is 5.74. The Bertz CT molecular complexity index is 477. The zero-order valence-electron chi connectivity index (χ0n) is 10.1. The zero-order valence-corrected chi connectivity index (χ0v) is 10.1. The lowest BCUT2D eigenvalue weighted by molar-refractivity contribution is 0.771. The van der Waals surface area contributed by atoms with E-state index in [1.54, 1.807) is 10.9 Å². The summed E-state index contributed by atoms with van der Waals surface area (Å²) in [4.78, 5) is 4.25. The second-order valence-electron chi connectivity index (χ2n) is 3.86. The number of nitrogens with one attached hydrogen (secondary N) is 2. The van der Waals surface area contributed by atoms with E-state index in [2.05, 4.69) is 27.6 Å². The topological polar surface area (TPSA) is 54.8 Å². The van der Waals surface area contributed by atoms with Gasteiger partial charge in [0.2, 0.25) is 0 Å². The Kier molecular flexibility index (Phi) is 3.59. The molecule has 2 aromatic heterocycles. The second-order valence-corrected chi connectivity index (χ2v) is 3.86. The lowest BCUT2D eigenvalue weighted by atomic mass is 10.3. The number of hydrogen-bond acceptors (Lipinski definition) is 4. The molecule has 5 nitrogen and oxygen atoms in total. The molecule has 2 aromatic rings. The van der Waals surface area contributed by atoms with Crippen LogP contribution in [0.15, 0.2) is 30.6 Å². The van der Waals surface area contributed by atoms with Crippen LogP contribution >= 0.6 is 0 Å². The normalized spacial score (nSPS) is 10.2. The molecule has 0 bridgehead atoms. The summed E-state index contributed by atoms with van der Waals surface area (Å²) in [5.74, 6) is 1.72. The molecule has 0 saturated heterocycles. The number of nitrogens with zero attached hydrogens (tertiary/aromatic N) is 3. The molecule has 90 valence electrons. The summed E-state index contributed by atoms with van der Waals surface area (Å²) in [6.07, 6.45) is 4.77. The van der Waals surface area contributed by atoms with E-state index in [0.29, 0.717) is 0 Å². The molecule has 0 fully saturated rings. The first-order chi connectivity index (χ1) is 8.28. The Labute approximate surface area is 101 Å². The molecular formula is C12H17N5. The van der Waals surface area contributed by atoms with Gasteiger partial charge in [-0.3, -0.25) is 4.68 Å². The van der Waals surface area contributed by atoms with Gasteiger partial charge in [-0.2, -0.15) is 5.10 Å². The van der Waals surface area contributed by atoms with Gasteiger partial charge < -0.3 is 10.6 Å². The molecule has 0 saturated carbocycles. The van der Waals surface area contributed by atoms with Crippen molar-refractivity contribution in [2.75, 3.05) is 17.2 Å². The molecule has 0 amide bonds. The van der Waals surface area contributed by atoms with Crippen molar-refractivity contribution in [1.29, 1.82) is 0 Å². The Hall–Kier alpha value is -2.04. The van der Waals surface area contributed by atoms with Gasteiger partial charge in [0.05, 0.1) is 0 Å². The van der Waals surface area contributed by atoms with Gasteiger partial charge in [0.25, 0.3) is 0 Å². The number of pyridine rings is 1. The van der Waals surface area contributed by atoms with Crippen LogP contribution in [0.4, 0.5) is 17.3 Å². The highest BCUT2D eigenvalue weighted by atomic mass is 15.3. The van der Waals surface area contributed by atoms with E-state index in [1.165, 1.54) is 0 Å². The van der Waals surface area contributed by atoms with Gasteiger partial charge in [0.1, 0.15) is 5.82 Å². The van der Waals surface area contributed by atoms with E-state index in [4.69, 9.17) is 0 Å². The summed E-state index contributed by atoms with van der Waals surface area (Å²) in [5.41, 5.74) is 0.984. The summed E-state index contributed by atoms with van der Waals surface area (Å²) in [5, 5.41) is 10.7. The van der Waals surface area contributed by atoms with E-state index in [9.17, 15) is 0 Å². The summed E-state index contributed by atoms with van der Waals surface area (Å²) in [6.45, 7) is 3.06. The van der Waals surface area contributed by atoms with Crippen molar-refractivity contribution in [2.45, 2.75) is 13.3 Å². The monoisotopic (exact) mass is 231 g/mol. The van der Waals surface area contributed by atoms with Crippen molar-refractivity contribution in [3.05, 3.63) is 30.6 Å². The molecule has 5 heteroatoms. The molecular weight excluding hydrogens is 214 g/mol. The summed E-state index contributed by atoms with van der Waals surface area (Å²) in [7, 11) is 1.89. The smallest absolute Gasteiger partial charge is 0.152 e. The largest absolute Gasteiger partial charge is 0.370 e. The van der Waals surface area contributed by atoms with Crippen LogP contribution in [-0.4, -0.2) is 21.3 Å². The second kappa shape index (κ2) is 5.34. The molecule has 17 heavy (non-hydrogen) atoms. The minimum atomic E-state index is 0.833. The molecule has 0 unspecified atom stereocenters. The zero-order chi connectivity index (χ0) is 12.1. The van der Waals surface area contributed by atoms with Crippen molar-refractivity contribution in [2.24, 2.45) is 7.05 Å². The maximum absolute atomic E-state index is 4.26. The van der Waals surface area contributed by atoms with Gasteiger partial charge in [-0.1, -0.05) is 6.92 Å². The van der Waals surface area contributed by atoms with Gasteiger partial charge >= 0.3 is 0 Å². The fraction of sp³-hybridized carbons (Fsp3) is 0.333. The van der Waals surface area contributed by atoms with E-state index in [1.807, 2.05) is 31.4 Å². The third kappa shape index (κ3) is 3.21. The Balaban J connectivity index is 2.05. The number of aryl methyl sites for hydroxylation is 1. The summed E-state index contributed by atoms with van der Waals surface area (Å²) < 4.78 is 1.76. The maximum atomic E-state index is 4.26. The van der Waals surface area contributed by atoms with Crippen LogP contribution < -0.4 is 10.6 Å². The van der Waals surface area contributed by atoms with Gasteiger partial charge in [0, 0.05) is 43.8 Å². The van der Waals surface area contributed by atoms with E-state index in [-0.39, 0.29) is 0 Å². The van der Waals surface area contributed by atoms with Crippen LogP contribution in [-0.2, 0) is 7.05 Å². The van der Waals surface area contributed by atoms with Crippen LogP contribution in [0.3, 0.4) is 0 Å². The van der Waals surface area contributed by atoms with Crippen LogP contribution in [0.5, 0.6) is 0 Å². The standard InChI is InChI=1S/C12H17N5/c1-3-6-13-12-9-10(4-7-14-12)15-11-5-8-17(2)16-11/h4-5,7-9H,3,6H2,1-2H3,(H2,13,14,15,16). The minimum Gasteiger partial charge on any atom is -0.370 e. The molecule has 0 aliphatic heterocycles. The van der Waals surface area contributed by atoms with Gasteiger partial charge in [0.15, 0.2) is 5.82 Å². The molecule has 0 radical (unpaired) electrons. The average molecular weight is 231 g/mol. The first kappa shape index (κ1) is 11.4. The van der Waals surface area contributed by atoms with Crippen LogP contribution in [0.1, 0.15) is 13.3 Å². The minimum absolute atomic E-state index is 0.833. The predicted molar refractivity (Wildman–Crippen MR) is 69.5 cm³/mol. The molecule has 2 rings (SSSR count). The lowest BCUT2D eigenvalue weighted by Crippen LogP contribution is -2.02. The summed E-state index contributed by atoms with van der Waals surface area (Å²) in [6, 6.07) is 5.83. The van der Waals surface area contributed by atoms with Gasteiger partial charge in [-0.05, 0) is 12.5 Å². The SMILES string of the molecule is CCCNc1cc(Nc2ccn(C)n2)ccn1. The van der Waals surface area contributed by atoms with Crippen molar-refractivity contribution >= 4 is 17.3 Å². The Morgan fingerprint density at radius 1 is 1.29 bits per heavy atom. The molecule has 0 aliphatic rings. The molecule has 0 atom stereocenters. The van der Waals surface area contributed by atoms with Crippen molar-refractivity contribution < 1.29 is 0 Å². The van der Waals surface area contributed by atoms with Gasteiger partial charge in [-0.15, -0.1) is 0 Å². The lowest BCUT2D eigenvalue weighted by Gasteiger charge is -2.06. The van der Waals surface area contributed by atoms with Crippen molar-refractivity contribution in [3.63, 3.8) is 0 Å². The Morgan fingerprint density at radius 2 is 2.18 bits per heavy atom. The number of rotatable bonds is 5. The highest BCUT2D eigenvalue weighted by Crippen LogP contribution is 2.16. The predicted octanol–water partition coefficient (Wildman–Crippen LogP) is 2.38. The van der Waals surface area contributed by atoms with Gasteiger partial charge in [-0.25, -0.2) is 4.98 Å². The molecule has 2 heterocycles. The van der Waals surface area contributed by atoms with Crippen molar-refractivity contribution in [1.82, 2.24) is 14.8 Å². The Morgan fingerprint density at radius 3 is 2.88 bits per heavy atom. The number of hydrogen-bond donors (Lipinski definition) is 2. The highest BCUT2D eigenvalue weighted by molar-refractivity contribution is 5.59. The van der Waals surface area contributed by atoms with Crippen LogP contribution in [0, 0.1) is 0 Å². The van der Waals surface area contributed by atoms with Crippen LogP contribution in [0.2, 0.25) is 0 Å². The molecule has 0 aromatic carbocycles.